The number of aryl methyl sites for hydroxylation is 1. The Bertz CT molecular complexity index is 616. The highest BCUT2D eigenvalue weighted by Gasteiger charge is 2.15. The lowest BCUT2D eigenvalue weighted by Gasteiger charge is -2.05. The maximum atomic E-state index is 13.1. The largest absolute Gasteiger partial charge is 0.396 e. The van der Waals surface area contributed by atoms with Crippen LogP contribution in [0.3, 0.4) is 0 Å². The van der Waals surface area contributed by atoms with Crippen LogP contribution in [-0.4, -0.2) is 16.1 Å². The number of nitrogens with two attached hydrogens (primary N) is 1. The molecule has 1 aromatic carbocycles. The van der Waals surface area contributed by atoms with Crippen LogP contribution < -0.4 is 11.1 Å². The monoisotopic (exact) mass is 330 g/mol. The fraction of sp³-hybridized carbons (Fsp3) is 0.100. The third-order valence-corrected chi connectivity index (χ3v) is 3.49. The predicted molar refractivity (Wildman–Crippen MR) is 71.1 cm³/mol. The van der Waals surface area contributed by atoms with Crippen LogP contribution in [0.2, 0.25) is 0 Å². The average molecular weight is 331 g/mol. The van der Waals surface area contributed by atoms with Crippen molar-refractivity contribution < 1.29 is 9.18 Å². The van der Waals surface area contributed by atoms with Crippen LogP contribution in [0, 0.1) is 12.7 Å². The molecule has 0 saturated heterocycles. The first-order valence-electron chi connectivity index (χ1n) is 4.83. The number of benzene rings is 1. The molecular weight excluding hydrogens is 323 g/mol. The van der Waals surface area contributed by atoms with Gasteiger partial charge in [-0.2, -0.15) is 0 Å². The summed E-state index contributed by atoms with van der Waals surface area (Å²) in [5, 5.41) is 11.2. The van der Waals surface area contributed by atoms with Crippen molar-refractivity contribution in [3.8, 4) is 0 Å². The van der Waals surface area contributed by atoms with Crippen LogP contribution in [0.15, 0.2) is 16.6 Å². The second-order valence-electron chi connectivity index (χ2n) is 3.43. The topological polar surface area (TPSA) is 80.9 Å². The van der Waals surface area contributed by atoms with Crippen molar-refractivity contribution in [1.29, 1.82) is 0 Å². The van der Waals surface area contributed by atoms with Gasteiger partial charge >= 0.3 is 0 Å². The van der Waals surface area contributed by atoms with Crippen LogP contribution in [0.25, 0.3) is 0 Å². The van der Waals surface area contributed by atoms with Gasteiger partial charge in [0.2, 0.25) is 5.13 Å². The SMILES string of the molecule is Cc1nnc(NC(=O)c2cc(N)c(F)cc2Br)s1. The van der Waals surface area contributed by atoms with Gasteiger partial charge in [0, 0.05) is 4.47 Å². The van der Waals surface area contributed by atoms with Gasteiger partial charge in [0.15, 0.2) is 0 Å². The zero-order valence-corrected chi connectivity index (χ0v) is 11.6. The van der Waals surface area contributed by atoms with Gasteiger partial charge in [0.05, 0.1) is 11.3 Å². The molecule has 0 aliphatic heterocycles. The Hall–Kier alpha value is -1.54. The molecule has 18 heavy (non-hydrogen) atoms. The molecule has 0 fully saturated rings. The minimum Gasteiger partial charge on any atom is -0.396 e. The highest BCUT2D eigenvalue weighted by Crippen LogP contribution is 2.24. The molecule has 0 spiro atoms. The first kappa shape index (κ1) is 12.9. The van der Waals surface area contributed by atoms with Crippen molar-refractivity contribution in [2.24, 2.45) is 0 Å². The quantitative estimate of drug-likeness (QED) is 0.829. The van der Waals surface area contributed by atoms with E-state index in [4.69, 9.17) is 5.73 Å². The lowest BCUT2D eigenvalue weighted by Crippen LogP contribution is -2.13. The van der Waals surface area contributed by atoms with Crippen LogP contribution in [-0.2, 0) is 0 Å². The Morgan fingerprint density at radius 2 is 2.22 bits per heavy atom. The number of nitrogen functional groups attached to an aromatic ring is 1. The fourth-order valence-electron chi connectivity index (χ4n) is 1.25. The molecular formula is C10H8BrFN4OS. The van der Waals surface area contributed by atoms with Gasteiger partial charge < -0.3 is 5.73 Å². The van der Waals surface area contributed by atoms with E-state index in [0.29, 0.717) is 9.60 Å². The van der Waals surface area contributed by atoms with Crippen molar-refractivity contribution in [3.05, 3.63) is 33.0 Å². The second-order valence-corrected chi connectivity index (χ2v) is 5.47. The average Bonchev–Trinajstić information content (AvgIpc) is 2.69. The molecule has 0 aliphatic rings. The molecule has 5 nitrogen and oxygen atoms in total. The highest BCUT2D eigenvalue weighted by atomic mass is 79.9. The summed E-state index contributed by atoms with van der Waals surface area (Å²) in [7, 11) is 0. The minimum atomic E-state index is -0.579. The summed E-state index contributed by atoms with van der Waals surface area (Å²) >= 11 is 4.36. The molecule has 3 N–H and O–H groups in total. The zero-order chi connectivity index (χ0) is 13.3. The molecule has 94 valence electrons. The van der Waals surface area contributed by atoms with E-state index in [1.807, 2.05) is 0 Å². The first-order valence-corrected chi connectivity index (χ1v) is 6.44. The van der Waals surface area contributed by atoms with Gasteiger partial charge in [-0.15, -0.1) is 10.2 Å². The summed E-state index contributed by atoms with van der Waals surface area (Å²) in [4.78, 5) is 11.9. The molecule has 0 radical (unpaired) electrons. The van der Waals surface area contributed by atoms with E-state index in [9.17, 15) is 9.18 Å². The number of hydrogen-bond donors (Lipinski definition) is 2. The number of amides is 1. The molecule has 1 heterocycles. The number of halogens is 2. The third-order valence-electron chi connectivity index (χ3n) is 2.08. The standard InChI is InChI=1S/C10H8BrFN4OS/c1-4-15-16-10(18-4)14-9(17)5-2-8(13)7(12)3-6(5)11/h2-3H,13H2,1H3,(H,14,16,17). The Labute approximate surface area is 114 Å². The van der Waals surface area contributed by atoms with Gasteiger partial charge in [-0.3, -0.25) is 10.1 Å². The van der Waals surface area contributed by atoms with Crippen molar-refractivity contribution >= 4 is 44.0 Å². The van der Waals surface area contributed by atoms with E-state index in [1.54, 1.807) is 6.92 Å². The molecule has 2 rings (SSSR count). The van der Waals surface area contributed by atoms with Crippen molar-refractivity contribution in [1.82, 2.24) is 10.2 Å². The number of anilines is 2. The number of nitrogens with one attached hydrogen (secondary N) is 1. The molecule has 1 aromatic heterocycles. The highest BCUT2D eigenvalue weighted by molar-refractivity contribution is 9.10. The predicted octanol–water partition coefficient (Wildman–Crippen LogP) is 2.58. The Morgan fingerprint density at radius 1 is 1.50 bits per heavy atom. The van der Waals surface area contributed by atoms with Gasteiger partial charge in [-0.1, -0.05) is 11.3 Å². The lowest BCUT2D eigenvalue weighted by molar-refractivity contribution is 0.102. The van der Waals surface area contributed by atoms with Gasteiger partial charge in [0.1, 0.15) is 10.8 Å². The number of rotatable bonds is 2. The normalized spacial score (nSPS) is 10.4. The Balaban J connectivity index is 2.26. The second kappa shape index (κ2) is 4.99. The number of aromatic nitrogens is 2. The van der Waals surface area contributed by atoms with E-state index in [-0.39, 0.29) is 11.3 Å². The summed E-state index contributed by atoms with van der Waals surface area (Å²) in [6.07, 6.45) is 0. The number of hydrogen-bond acceptors (Lipinski definition) is 5. The summed E-state index contributed by atoms with van der Waals surface area (Å²) in [6, 6.07) is 2.41. The van der Waals surface area contributed by atoms with Crippen molar-refractivity contribution in [3.63, 3.8) is 0 Å². The summed E-state index contributed by atoms with van der Waals surface area (Å²) in [5.74, 6) is -1.00. The lowest BCUT2D eigenvalue weighted by atomic mass is 10.2. The zero-order valence-electron chi connectivity index (χ0n) is 9.20. The molecule has 0 saturated carbocycles. The van der Waals surface area contributed by atoms with E-state index in [2.05, 4.69) is 31.4 Å². The minimum absolute atomic E-state index is 0.0863. The molecule has 0 bridgehead atoms. The maximum absolute atomic E-state index is 13.1. The molecule has 0 atom stereocenters. The van der Waals surface area contributed by atoms with Gasteiger partial charge in [-0.05, 0) is 35.0 Å². The molecule has 1 amide bonds. The van der Waals surface area contributed by atoms with Crippen LogP contribution >= 0.6 is 27.3 Å². The molecule has 8 heteroatoms. The first-order chi connectivity index (χ1) is 8.47. The smallest absolute Gasteiger partial charge is 0.258 e. The van der Waals surface area contributed by atoms with Gasteiger partial charge in [0.25, 0.3) is 5.91 Å². The molecule has 0 aliphatic carbocycles. The number of carbonyl (C=O) groups excluding carboxylic acids is 1. The van der Waals surface area contributed by atoms with Crippen molar-refractivity contribution in [2.45, 2.75) is 6.92 Å². The number of carbonyl (C=O) groups is 1. The molecule has 0 unspecified atom stereocenters. The summed E-state index contributed by atoms with van der Waals surface area (Å²) < 4.78 is 13.5. The summed E-state index contributed by atoms with van der Waals surface area (Å²) in [6.45, 7) is 1.78. The fourth-order valence-corrected chi connectivity index (χ4v) is 2.33. The summed E-state index contributed by atoms with van der Waals surface area (Å²) in [5.41, 5.74) is 5.58. The van der Waals surface area contributed by atoms with Crippen LogP contribution in [0.5, 0.6) is 0 Å². The third kappa shape index (κ3) is 2.65. The van der Waals surface area contributed by atoms with Gasteiger partial charge in [-0.25, -0.2) is 4.39 Å². The van der Waals surface area contributed by atoms with Crippen molar-refractivity contribution in [2.75, 3.05) is 11.1 Å². The molecule has 2 aromatic rings. The van der Waals surface area contributed by atoms with E-state index >= 15 is 0 Å². The van der Waals surface area contributed by atoms with E-state index < -0.39 is 11.7 Å². The Morgan fingerprint density at radius 3 is 2.83 bits per heavy atom. The Kier molecular flexibility index (Phi) is 3.58. The van der Waals surface area contributed by atoms with E-state index in [1.165, 1.54) is 17.4 Å². The van der Waals surface area contributed by atoms with Crippen LogP contribution in [0.1, 0.15) is 15.4 Å². The van der Waals surface area contributed by atoms with E-state index in [0.717, 1.165) is 11.1 Å². The maximum Gasteiger partial charge on any atom is 0.258 e. The van der Waals surface area contributed by atoms with Crippen LogP contribution in [0.4, 0.5) is 15.2 Å². The number of nitrogens with zero attached hydrogens (tertiary/aromatic N) is 2.